The Kier molecular flexibility index (Phi) is 3.06. The summed E-state index contributed by atoms with van der Waals surface area (Å²) in [4.78, 5) is 12.8. The highest BCUT2D eigenvalue weighted by molar-refractivity contribution is 5.72. The lowest BCUT2D eigenvalue weighted by Crippen LogP contribution is -2.44. The van der Waals surface area contributed by atoms with E-state index in [1.807, 2.05) is 11.8 Å². The van der Waals surface area contributed by atoms with Crippen LogP contribution in [0.4, 0.5) is 0 Å². The molecule has 0 N–H and O–H groups in total. The third kappa shape index (κ3) is 2.21. The summed E-state index contributed by atoms with van der Waals surface area (Å²) in [5.41, 5.74) is 0. The van der Waals surface area contributed by atoms with Gasteiger partial charge in [-0.3, -0.25) is 9.69 Å². The zero-order valence-electron chi connectivity index (χ0n) is 7.12. The molecule has 0 aliphatic carbocycles. The Labute approximate surface area is 71.7 Å². The smallest absolute Gasteiger partial charge is 0.320 e. The molecule has 1 fully saturated rings. The van der Waals surface area contributed by atoms with Gasteiger partial charge < -0.3 is 4.74 Å². The quantitative estimate of drug-likeness (QED) is 0.551. The molecule has 0 saturated carbocycles. The van der Waals surface area contributed by atoms with E-state index in [9.17, 15) is 4.79 Å². The largest absolute Gasteiger partial charge is 0.463 e. The van der Waals surface area contributed by atoms with Gasteiger partial charge in [0.05, 0.1) is 19.0 Å². The molecule has 1 heterocycles. The van der Waals surface area contributed by atoms with Crippen LogP contribution >= 0.6 is 0 Å². The second-order valence-electron chi connectivity index (χ2n) is 2.90. The number of hydrogen-bond donors (Lipinski definition) is 0. The summed E-state index contributed by atoms with van der Waals surface area (Å²) < 4.78 is 4.77. The van der Waals surface area contributed by atoms with Crippen LogP contribution in [0.5, 0.6) is 0 Å². The van der Waals surface area contributed by atoms with E-state index in [0.717, 1.165) is 6.54 Å². The van der Waals surface area contributed by atoms with Crippen LogP contribution < -0.4 is 0 Å². The topological polar surface area (TPSA) is 53.3 Å². The standard InChI is InChI=1S/C8H12N2O2/c1-7(2-3-9)10-4-5-12-8(11)6-10/h7H,2,4-6H2,1H3. The number of cyclic esters (lactones) is 1. The first-order chi connectivity index (χ1) is 5.74. The summed E-state index contributed by atoms with van der Waals surface area (Å²) in [5, 5.41) is 8.44. The van der Waals surface area contributed by atoms with E-state index in [0.29, 0.717) is 19.6 Å². The maximum Gasteiger partial charge on any atom is 0.320 e. The molecule has 1 atom stereocenters. The van der Waals surface area contributed by atoms with Gasteiger partial charge in [-0.25, -0.2) is 0 Å². The van der Waals surface area contributed by atoms with Gasteiger partial charge in [0.15, 0.2) is 0 Å². The molecule has 1 aliphatic heterocycles. The van der Waals surface area contributed by atoms with Crippen LogP contribution in [0.2, 0.25) is 0 Å². The summed E-state index contributed by atoms with van der Waals surface area (Å²) >= 11 is 0. The second kappa shape index (κ2) is 4.07. The van der Waals surface area contributed by atoms with E-state index >= 15 is 0 Å². The van der Waals surface area contributed by atoms with Crippen LogP contribution in [0.1, 0.15) is 13.3 Å². The Hall–Kier alpha value is -1.08. The van der Waals surface area contributed by atoms with E-state index in [1.165, 1.54) is 0 Å². The molecule has 0 aromatic rings. The van der Waals surface area contributed by atoms with Crippen molar-refractivity contribution in [3.8, 4) is 6.07 Å². The molecule has 0 radical (unpaired) electrons. The first kappa shape index (κ1) is 9.01. The SMILES string of the molecule is CC(CC#N)N1CCOC(=O)C1. The predicted octanol–water partition coefficient (Wildman–Crippen LogP) is 0.147. The van der Waals surface area contributed by atoms with Crippen LogP contribution in [-0.2, 0) is 9.53 Å². The molecule has 0 bridgehead atoms. The molecule has 1 aliphatic rings. The van der Waals surface area contributed by atoms with E-state index in [-0.39, 0.29) is 12.0 Å². The van der Waals surface area contributed by atoms with Crippen molar-refractivity contribution in [3.63, 3.8) is 0 Å². The number of morpholine rings is 1. The second-order valence-corrected chi connectivity index (χ2v) is 2.90. The van der Waals surface area contributed by atoms with Crippen molar-refractivity contribution in [2.75, 3.05) is 19.7 Å². The minimum atomic E-state index is -0.189. The normalized spacial score (nSPS) is 21.2. The lowest BCUT2D eigenvalue weighted by Gasteiger charge is -2.29. The first-order valence-electron chi connectivity index (χ1n) is 4.00. The lowest BCUT2D eigenvalue weighted by atomic mass is 10.2. The molecule has 4 nitrogen and oxygen atoms in total. The predicted molar refractivity (Wildman–Crippen MR) is 42.2 cm³/mol. The van der Waals surface area contributed by atoms with E-state index < -0.39 is 0 Å². The van der Waals surface area contributed by atoms with Gasteiger partial charge in [0.25, 0.3) is 0 Å². The Morgan fingerprint density at radius 1 is 1.83 bits per heavy atom. The highest BCUT2D eigenvalue weighted by atomic mass is 16.5. The van der Waals surface area contributed by atoms with Gasteiger partial charge in [-0.1, -0.05) is 0 Å². The number of carbonyl (C=O) groups excluding carboxylic acids is 1. The van der Waals surface area contributed by atoms with Crippen molar-refractivity contribution in [1.29, 1.82) is 5.26 Å². The molecule has 4 heteroatoms. The number of ether oxygens (including phenoxy) is 1. The van der Waals surface area contributed by atoms with Crippen molar-refractivity contribution in [2.24, 2.45) is 0 Å². The number of hydrogen-bond acceptors (Lipinski definition) is 4. The van der Waals surface area contributed by atoms with Crippen molar-refractivity contribution < 1.29 is 9.53 Å². The monoisotopic (exact) mass is 168 g/mol. The molecule has 0 amide bonds. The average Bonchev–Trinajstić information content (AvgIpc) is 2.05. The zero-order valence-corrected chi connectivity index (χ0v) is 7.12. The molecule has 1 rings (SSSR count). The number of esters is 1. The summed E-state index contributed by atoms with van der Waals surface area (Å²) in [7, 11) is 0. The minimum Gasteiger partial charge on any atom is -0.463 e. The maximum absolute atomic E-state index is 10.8. The van der Waals surface area contributed by atoms with Gasteiger partial charge >= 0.3 is 5.97 Å². The Balaban J connectivity index is 2.41. The molecule has 1 saturated heterocycles. The zero-order chi connectivity index (χ0) is 8.97. The highest BCUT2D eigenvalue weighted by Crippen LogP contribution is 2.06. The lowest BCUT2D eigenvalue weighted by molar-refractivity contribution is -0.151. The average molecular weight is 168 g/mol. The minimum absolute atomic E-state index is 0.155. The molecule has 0 spiro atoms. The molecule has 0 aromatic heterocycles. The van der Waals surface area contributed by atoms with Crippen molar-refractivity contribution in [3.05, 3.63) is 0 Å². The fourth-order valence-electron chi connectivity index (χ4n) is 1.20. The van der Waals surface area contributed by atoms with Crippen LogP contribution in [0.3, 0.4) is 0 Å². The van der Waals surface area contributed by atoms with Gasteiger partial charge in [-0.2, -0.15) is 5.26 Å². The fourth-order valence-corrected chi connectivity index (χ4v) is 1.20. The third-order valence-electron chi connectivity index (χ3n) is 1.98. The first-order valence-corrected chi connectivity index (χ1v) is 4.00. The summed E-state index contributed by atoms with van der Waals surface area (Å²) in [5.74, 6) is -0.189. The van der Waals surface area contributed by atoms with Gasteiger partial charge in [0.2, 0.25) is 0 Å². The number of rotatable bonds is 2. The molecular formula is C8H12N2O2. The van der Waals surface area contributed by atoms with Crippen molar-refractivity contribution >= 4 is 5.97 Å². The van der Waals surface area contributed by atoms with Crippen LogP contribution in [0.15, 0.2) is 0 Å². The Bertz CT molecular complexity index is 210. The van der Waals surface area contributed by atoms with E-state index in [4.69, 9.17) is 10.00 Å². The fraction of sp³-hybridized carbons (Fsp3) is 0.750. The molecule has 66 valence electrons. The van der Waals surface area contributed by atoms with Crippen molar-refractivity contribution in [2.45, 2.75) is 19.4 Å². The summed E-state index contributed by atoms with van der Waals surface area (Å²) in [6, 6.07) is 2.24. The van der Waals surface area contributed by atoms with Crippen LogP contribution in [0, 0.1) is 11.3 Å². The molecular weight excluding hydrogens is 156 g/mol. The molecule has 1 unspecified atom stereocenters. The maximum atomic E-state index is 10.8. The Morgan fingerprint density at radius 2 is 2.58 bits per heavy atom. The summed E-state index contributed by atoms with van der Waals surface area (Å²) in [6.45, 7) is 3.47. The molecule has 12 heavy (non-hydrogen) atoms. The van der Waals surface area contributed by atoms with Gasteiger partial charge in [-0.15, -0.1) is 0 Å². The van der Waals surface area contributed by atoms with Gasteiger partial charge in [0, 0.05) is 12.6 Å². The van der Waals surface area contributed by atoms with E-state index in [2.05, 4.69) is 6.07 Å². The third-order valence-corrected chi connectivity index (χ3v) is 1.98. The molecule has 0 aromatic carbocycles. The van der Waals surface area contributed by atoms with E-state index in [1.54, 1.807) is 0 Å². The number of nitrogens with zero attached hydrogens (tertiary/aromatic N) is 2. The number of carbonyl (C=O) groups is 1. The Morgan fingerprint density at radius 3 is 3.17 bits per heavy atom. The highest BCUT2D eigenvalue weighted by Gasteiger charge is 2.21. The van der Waals surface area contributed by atoms with Crippen molar-refractivity contribution in [1.82, 2.24) is 4.90 Å². The van der Waals surface area contributed by atoms with Gasteiger partial charge in [-0.05, 0) is 6.92 Å². The van der Waals surface area contributed by atoms with Gasteiger partial charge in [0.1, 0.15) is 6.61 Å². The van der Waals surface area contributed by atoms with Crippen LogP contribution in [0.25, 0.3) is 0 Å². The van der Waals surface area contributed by atoms with Crippen LogP contribution in [-0.4, -0.2) is 36.6 Å². The number of nitriles is 1. The summed E-state index contributed by atoms with van der Waals surface area (Å²) in [6.07, 6.45) is 0.466.